The summed E-state index contributed by atoms with van der Waals surface area (Å²) in [5.74, 6) is -5.57. The first-order chi connectivity index (χ1) is 9.83. The van der Waals surface area contributed by atoms with Gasteiger partial charge in [-0.25, -0.2) is 4.39 Å². The summed E-state index contributed by atoms with van der Waals surface area (Å²) in [6.07, 6.45) is 0.417. The summed E-state index contributed by atoms with van der Waals surface area (Å²) in [4.78, 5) is 11.7. The molecule has 21 heavy (non-hydrogen) atoms. The Bertz CT molecular complexity index is 800. The number of halogens is 4. The van der Waals surface area contributed by atoms with Crippen LogP contribution in [-0.2, 0) is 6.42 Å². The van der Waals surface area contributed by atoms with Gasteiger partial charge in [0.05, 0.1) is 17.5 Å². The number of ketones is 1. The number of carbonyl (C=O) groups excluding carboxylic acids is 1. The van der Waals surface area contributed by atoms with E-state index >= 15 is 0 Å². The number of carbonyl (C=O) groups is 1. The number of hydrogen-bond donors (Lipinski definition) is 0. The zero-order valence-corrected chi connectivity index (χ0v) is 11.1. The minimum atomic E-state index is -3.55. The third kappa shape index (κ3) is 2.01. The third-order valence-corrected chi connectivity index (χ3v) is 3.52. The first kappa shape index (κ1) is 13.7. The van der Waals surface area contributed by atoms with Crippen LogP contribution in [0.15, 0.2) is 24.4 Å². The molecule has 3 rings (SSSR count). The van der Waals surface area contributed by atoms with Crippen molar-refractivity contribution in [3.8, 4) is 11.8 Å². The Morgan fingerprint density at radius 1 is 1.33 bits per heavy atom. The van der Waals surface area contributed by atoms with E-state index in [4.69, 9.17) is 16.9 Å². The van der Waals surface area contributed by atoms with Crippen molar-refractivity contribution in [1.82, 2.24) is 4.57 Å². The number of nitrogens with zero attached hydrogens (tertiary/aromatic N) is 2. The summed E-state index contributed by atoms with van der Waals surface area (Å²) < 4.78 is 41.7. The summed E-state index contributed by atoms with van der Waals surface area (Å²) in [7, 11) is 0. The van der Waals surface area contributed by atoms with Crippen LogP contribution in [0.5, 0.6) is 0 Å². The van der Waals surface area contributed by atoms with Crippen molar-refractivity contribution in [2.24, 2.45) is 0 Å². The van der Waals surface area contributed by atoms with E-state index in [9.17, 15) is 18.0 Å². The van der Waals surface area contributed by atoms with Gasteiger partial charge in [-0.2, -0.15) is 14.0 Å². The third-order valence-electron chi connectivity index (χ3n) is 3.30. The highest BCUT2D eigenvalue weighted by molar-refractivity contribution is 6.30. The number of benzene rings is 1. The topological polar surface area (TPSA) is 45.8 Å². The Kier molecular flexibility index (Phi) is 2.85. The highest BCUT2D eigenvalue weighted by Crippen LogP contribution is 2.38. The fourth-order valence-corrected chi connectivity index (χ4v) is 2.66. The molecule has 7 heteroatoms. The van der Waals surface area contributed by atoms with E-state index in [1.165, 1.54) is 16.8 Å². The SMILES string of the molecule is N#Cc1cn(-c2cc(F)cc(Cl)c2)c2c1C(=O)C(F)(F)C2. The average molecular weight is 311 g/mol. The van der Waals surface area contributed by atoms with E-state index in [-0.39, 0.29) is 27.5 Å². The monoisotopic (exact) mass is 310 g/mol. The van der Waals surface area contributed by atoms with E-state index in [1.807, 2.05) is 0 Å². The summed E-state index contributed by atoms with van der Waals surface area (Å²) in [5, 5.41) is 9.08. The lowest BCUT2D eigenvalue weighted by molar-refractivity contribution is 0.0162. The highest BCUT2D eigenvalue weighted by Gasteiger charge is 2.50. The Balaban J connectivity index is 2.26. The zero-order valence-electron chi connectivity index (χ0n) is 10.3. The number of fused-ring (bicyclic) bond motifs is 1. The first-order valence-corrected chi connectivity index (χ1v) is 6.24. The van der Waals surface area contributed by atoms with E-state index in [0.717, 1.165) is 12.1 Å². The van der Waals surface area contributed by atoms with Crippen molar-refractivity contribution in [2.75, 3.05) is 0 Å². The van der Waals surface area contributed by atoms with Gasteiger partial charge in [0, 0.05) is 22.6 Å². The van der Waals surface area contributed by atoms with Crippen molar-refractivity contribution in [3.63, 3.8) is 0 Å². The predicted octanol–water partition coefficient (Wildman–Crippen LogP) is 3.52. The first-order valence-electron chi connectivity index (χ1n) is 5.87. The molecular formula is C14H6ClF3N2O. The maximum Gasteiger partial charge on any atom is 0.315 e. The summed E-state index contributed by atoms with van der Waals surface area (Å²) >= 11 is 5.74. The van der Waals surface area contributed by atoms with Gasteiger partial charge in [-0.1, -0.05) is 11.6 Å². The van der Waals surface area contributed by atoms with Crippen LogP contribution in [0.3, 0.4) is 0 Å². The van der Waals surface area contributed by atoms with Crippen LogP contribution in [0, 0.1) is 17.1 Å². The van der Waals surface area contributed by atoms with Gasteiger partial charge in [-0.3, -0.25) is 4.79 Å². The molecule has 0 amide bonds. The molecule has 0 saturated heterocycles. The molecule has 1 aliphatic carbocycles. The van der Waals surface area contributed by atoms with Gasteiger partial charge in [0.1, 0.15) is 11.9 Å². The molecule has 0 unspecified atom stereocenters. The Morgan fingerprint density at radius 2 is 2.05 bits per heavy atom. The average Bonchev–Trinajstić information content (AvgIpc) is 2.84. The van der Waals surface area contributed by atoms with E-state index in [1.54, 1.807) is 6.07 Å². The maximum absolute atomic E-state index is 13.6. The van der Waals surface area contributed by atoms with Crippen molar-refractivity contribution in [1.29, 1.82) is 5.26 Å². The smallest absolute Gasteiger partial charge is 0.315 e. The van der Waals surface area contributed by atoms with Crippen LogP contribution < -0.4 is 0 Å². The van der Waals surface area contributed by atoms with Crippen LogP contribution >= 0.6 is 11.6 Å². The normalized spacial score (nSPS) is 15.9. The van der Waals surface area contributed by atoms with Crippen LogP contribution in [0.1, 0.15) is 21.6 Å². The molecule has 0 fully saturated rings. The molecule has 3 nitrogen and oxygen atoms in total. The molecule has 1 aromatic heterocycles. The van der Waals surface area contributed by atoms with Gasteiger partial charge in [-0.05, 0) is 18.2 Å². The predicted molar refractivity (Wildman–Crippen MR) is 68.4 cm³/mol. The van der Waals surface area contributed by atoms with E-state index in [0.29, 0.717) is 0 Å². The van der Waals surface area contributed by atoms with Gasteiger partial charge in [0.2, 0.25) is 5.78 Å². The molecule has 0 radical (unpaired) electrons. The number of nitriles is 1. The molecule has 0 bridgehead atoms. The number of alkyl halides is 2. The van der Waals surface area contributed by atoms with Crippen LogP contribution in [-0.4, -0.2) is 16.3 Å². The molecule has 1 aromatic carbocycles. The molecule has 0 saturated carbocycles. The summed E-state index contributed by atoms with van der Waals surface area (Å²) in [5.41, 5.74) is -0.290. The van der Waals surface area contributed by atoms with Crippen LogP contribution in [0.4, 0.5) is 13.2 Å². The second-order valence-electron chi connectivity index (χ2n) is 4.68. The Morgan fingerprint density at radius 3 is 2.67 bits per heavy atom. The van der Waals surface area contributed by atoms with Crippen molar-refractivity contribution < 1.29 is 18.0 Å². The quantitative estimate of drug-likeness (QED) is 0.809. The Hall–Kier alpha value is -2.26. The van der Waals surface area contributed by atoms with Crippen molar-refractivity contribution >= 4 is 17.4 Å². The molecule has 1 aliphatic rings. The standard InChI is InChI=1S/C14H6ClF3N2O/c15-8-1-9(16)3-10(2-8)20-6-7(5-19)12-11(20)4-14(17,18)13(12)21/h1-3,6H,4H2. The molecule has 0 N–H and O–H groups in total. The van der Waals surface area contributed by atoms with Gasteiger partial charge < -0.3 is 4.57 Å². The second kappa shape index (κ2) is 4.37. The molecule has 1 heterocycles. The van der Waals surface area contributed by atoms with Crippen LogP contribution in [0.25, 0.3) is 5.69 Å². The van der Waals surface area contributed by atoms with Gasteiger partial charge >= 0.3 is 5.92 Å². The molecular weight excluding hydrogens is 305 g/mol. The number of aromatic nitrogens is 1. The molecule has 106 valence electrons. The molecule has 0 aliphatic heterocycles. The van der Waals surface area contributed by atoms with Crippen molar-refractivity contribution in [2.45, 2.75) is 12.3 Å². The van der Waals surface area contributed by atoms with Crippen LogP contribution in [0.2, 0.25) is 5.02 Å². The largest absolute Gasteiger partial charge is 0.318 e. The molecule has 2 aromatic rings. The van der Waals surface area contributed by atoms with Gasteiger partial charge in [0.15, 0.2) is 0 Å². The lowest BCUT2D eigenvalue weighted by Gasteiger charge is -2.10. The highest BCUT2D eigenvalue weighted by atomic mass is 35.5. The molecule has 0 atom stereocenters. The fourth-order valence-electron chi connectivity index (χ4n) is 2.44. The second-order valence-corrected chi connectivity index (χ2v) is 5.12. The van der Waals surface area contributed by atoms with Crippen molar-refractivity contribution in [3.05, 3.63) is 52.1 Å². The number of rotatable bonds is 1. The Labute approximate surface area is 122 Å². The van der Waals surface area contributed by atoms with Gasteiger partial charge in [0.25, 0.3) is 0 Å². The minimum Gasteiger partial charge on any atom is -0.318 e. The van der Waals surface area contributed by atoms with E-state index in [2.05, 4.69) is 0 Å². The zero-order chi connectivity index (χ0) is 15.4. The molecule has 0 spiro atoms. The lowest BCUT2D eigenvalue weighted by atomic mass is 10.1. The maximum atomic E-state index is 13.6. The van der Waals surface area contributed by atoms with Gasteiger partial charge in [-0.15, -0.1) is 0 Å². The summed E-state index contributed by atoms with van der Waals surface area (Å²) in [6, 6.07) is 5.24. The lowest BCUT2D eigenvalue weighted by Crippen LogP contribution is -2.24. The number of Topliss-reactive ketones (excluding diaryl/α,β-unsaturated/α-hetero) is 1. The summed E-state index contributed by atoms with van der Waals surface area (Å²) in [6.45, 7) is 0. The fraction of sp³-hybridized carbons (Fsp3) is 0.143. The minimum absolute atomic E-state index is 0.0109. The number of hydrogen-bond acceptors (Lipinski definition) is 2. The van der Waals surface area contributed by atoms with E-state index < -0.39 is 23.9 Å².